The minimum atomic E-state index is -1.12. The minimum Gasteiger partial charge on any atom is -0.504 e. The summed E-state index contributed by atoms with van der Waals surface area (Å²) in [6.45, 7) is 9.53. The molecule has 8 nitrogen and oxygen atoms in total. The highest BCUT2D eigenvalue weighted by atomic mass is 16.8. The maximum atomic E-state index is 12.7. The molecular formula is C26H32O8. The molecule has 1 saturated heterocycles. The van der Waals surface area contributed by atoms with E-state index >= 15 is 0 Å². The van der Waals surface area contributed by atoms with Gasteiger partial charge in [0, 0.05) is 0 Å². The predicted octanol–water partition coefficient (Wildman–Crippen LogP) is 4.19. The SMILES string of the molecule is CO/C=C(/C(=O)OC)C(C)C(=O)/C=C/c1ccc2c(c1)O[C@@]1(CO2)O[C@H](C=C(C)C)OC1(C)C. The summed E-state index contributed by atoms with van der Waals surface area (Å²) in [4.78, 5) is 24.6. The highest BCUT2D eigenvalue weighted by Crippen LogP contribution is 2.46. The van der Waals surface area contributed by atoms with Crippen LogP contribution in [0, 0.1) is 5.92 Å². The van der Waals surface area contributed by atoms with E-state index in [0.717, 1.165) is 5.57 Å². The van der Waals surface area contributed by atoms with E-state index in [0.29, 0.717) is 17.1 Å². The number of allylic oxidation sites excluding steroid dienone is 2. The second kappa shape index (κ2) is 10.0. The third kappa shape index (κ3) is 5.18. The van der Waals surface area contributed by atoms with Crippen LogP contribution in [0.4, 0.5) is 0 Å². The van der Waals surface area contributed by atoms with Gasteiger partial charge in [0.15, 0.2) is 30.2 Å². The topological polar surface area (TPSA) is 89.5 Å². The number of ketones is 1. The van der Waals surface area contributed by atoms with E-state index in [9.17, 15) is 9.59 Å². The van der Waals surface area contributed by atoms with Crippen LogP contribution in [0.1, 0.15) is 40.2 Å². The Morgan fingerprint density at radius 1 is 1.15 bits per heavy atom. The minimum absolute atomic E-state index is 0.135. The lowest BCUT2D eigenvalue weighted by molar-refractivity contribution is -0.216. The fraction of sp³-hybridized carbons (Fsp3) is 0.462. The summed E-state index contributed by atoms with van der Waals surface area (Å²) < 4.78 is 34.1. The van der Waals surface area contributed by atoms with Crippen LogP contribution in [0.2, 0.25) is 0 Å². The van der Waals surface area contributed by atoms with Crippen molar-refractivity contribution in [2.45, 2.75) is 52.3 Å². The summed E-state index contributed by atoms with van der Waals surface area (Å²) in [6.07, 6.45) is 5.62. The first-order valence-corrected chi connectivity index (χ1v) is 11.0. The van der Waals surface area contributed by atoms with Crippen molar-refractivity contribution in [3.63, 3.8) is 0 Å². The van der Waals surface area contributed by atoms with Gasteiger partial charge in [-0.05, 0) is 57.5 Å². The zero-order valence-electron chi connectivity index (χ0n) is 20.7. The summed E-state index contributed by atoms with van der Waals surface area (Å²) in [5, 5.41) is 0. The maximum absolute atomic E-state index is 12.7. The quantitative estimate of drug-likeness (QED) is 0.253. The molecule has 3 rings (SSSR count). The van der Waals surface area contributed by atoms with Gasteiger partial charge in [0.1, 0.15) is 5.60 Å². The third-order valence-corrected chi connectivity index (χ3v) is 5.76. The fourth-order valence-electron chi connectivity index (χ4n) is 3.68. The maximum Gasteiger partial charge on any atom is 0.337 e. The van der Waals surface area contributed by atoms with Crippen molar-refractivity contribution in [3.8, 4) is 11.5 Å². The van der Waals surface area contributed by atoms with Crippen LogP contribution in [-0.4, -0.2) is 50.3 Å². The summed E-state index contributed by atoms with van der Waals surface area (Å²) >= 11 is 0. The van der Waals surface area contributed by atoms with Gasteiger partial charge in [-0.1, -0.05) is 24.6 Å². The van der Waals surface area contributed by atoms with Gasteiger partial charge in [0.25, 0.3) is 5.79 Å². The molecule has 1 unspecified atom stereocenters. The zero-order valence-corrected chi connectivity index (χ0v) is 20.7. The summed E-state index contributed by atoms with van der Waals surface area (Å²) in [7, 11) is 2.66. The van der Waals surface area contributed by atoms with Crippen molar-refractivity contribution >= 4 is 17.8 Å². The van der Waals surface area contributed by atoms with Gasteiger partial charge >= 0.3 is 5.97 Å². The lowest BCUT2D eigenvalue weighted by Crippen LogP contribution is -2.58. The van der Waals surface area contributed by atoms with E-state index in [4.69, 9.17) is 28.4 Å². The monoisotopic (exact) mass is 472 g/mol. The molecule has 1 spiro atoms. The van der Waals surface area contributed by atoms with Crippen LogP contribution >= 0.6 is 0 Å². The largest absolute Gasteiger partial charge is 0.504 e. The Bertz CT molecular complexity index is 1030. The molecule has 0 amide bonds. The van der Waals surface area contributed by atoms with Crippen LogP contribution in [0.3, 0.4) is 0 Å². The van der Waals surface area contributed by atoms with Crippen molar-refractivity contribution in [1.82, 2.24) is 0 Å². The molecule has 2 heterocycles. The average Bonchev–Trinajstić information content (AvgIpc) is 3.01. The number of carbonyl (C=O) groups excluding carboxylic acids is 2. The molecule has 0 aliphatic carbocycles. The van der Waals surface area contributed by atoms with E-state index in [2.05, 4.69) is 0 Å². The number of carbonyl (C=O) groups is 2. The molecule has 2 aliphatic heterocycles. The summed E-state index contributed by atoms with van der Waals surface area (Å²) in [5.74, 6) is -1.70. The number of benzene rings is 1. The van der Waals surface area contributed by atoms with Crippen LogP contribution < -0.4 is 9.47 Å². The van der Waals surface area contributed by atoms with E-state index < -0.39 is 29.6 Å². The second-order valence-corrected chi connectivity index (χ2v) is 8.97. The number of hydrogen-bond acceptors (Lipinski definition) is 8. The first kappa shape index (κ1) is 25.5. The van der Waals surface area contributed by atoms with Crippen molar-refractivity contribution in [2.24, 2.45) is 5.92 Å². The second-order valence-electron chi connectivity index (χ2n) is 8.97. The van der Waals surface area contributed by atoms with Gasteiger partial charge in [0.05, 0.1) is 32.0 Å². The van der Waals surface area contributed by atoms with Gasteiger partial charge in [-0.15, -0.1) is 0 Å². The van der Waals surface area contributed by atoms with Crippen LogP contribution in [0.5, 0.6) is 11.5 Å². The number of hydrogen-bond donors (Lipinski definition) is 0. The number of methoxy groups -OCH3 is 2. The Labute approximate surface area is 200 Å². The number of esters is 1. The highest BCUT2D eigenvalue weighted by molar-refractivity contribution is 6.03. The number of rotatable bonds is 7. The standard InChI is InChI=1S/C26H32O8/c1-16(2)12-23-33-25(4,5)26(34-23)15-31-21-11-9-18(13-22(21)32-26)8-10-20(27)17(3)19(14-29-6)24(28)30-7/h8-14,17,23H,15H2,1-7H3/b10-8+,19-14+/t17?,23-,26+/m1/s1. The Morgan fingerprint density at radius 2 is 1.88 bits per heavy atom. The molecule has 0 aromatic heterocycles. The van der Waals surface area contributed by atoms with Gasteiger partial charge in [-0.2, -0.15) is 0 Å². The molecule has 0 saturated carbocycles. The Kier molecular flexibility index (Phi) is 7.53. The van der Waals surface area contributed by atoms with Crippen LogP contribution in [0.15, 0.2) is 47.8 Å². The molecule has 0 radical (unpaired) electrons. The molecule has 3 atom stereocenters. The van der Waals surface area contributed by atoms with Gasteiger partial charge < -0.3 is 28.4 Å². The summed E-state index contributed by atoms with van der Waals surface area (Å²) in [5.41, 5.74) is 1.15. The van der Waals surface area contributed by atoms with E-state index in [1.807, 2.05) is 39.8 Å². The molecule has 2 aliphatic rings. The Morgan fingerprint density at radius 3 is 2.53 bits per heavy atom. The predicted molar refractivity (Wildman–Crippen MR) is 125 cm³/mol. The van der Waals surface area contributed by atoms with Crippen LogP contribution in [0.25, 0.3) is 6.08 Å². The van der Waals surface area contributed by atoms with E-state index in [1.54, 1.807) is 25.1 Å². The van der Waals surface area contributed by atoms with Crippen molar-refractivity contribution in [3.05, 3.63) is 53.3 Å². The van der Waals surface area contributed by atoms with E-state index in [1.165, 1.54) is 26.6 Å². The van der Waals surface area contributed by atoms with Gasteiger partial charge in [-0.3, -0.25) is 4.79 Å². The number of fused-ring (bicyclic) bond motifs is 1. The molecule has 184 valence electrons. The smallest absolute Gasteiger partial charge is 0.337 e. The molecule has 1 fully saturated rings. The molecule has 34 heavy (non-hydrogen) atoms. The van der Waals surface area contributed by atoms with Crippen LogP contribution in [-0.2, 0) is 28.5 Å². The zero-order chi connectivity index (χ0) is 25.1. The normalized spacial score (nSPS) is 24.1. The molecule has 0 N–H and O–H groups in total. The first-order chi connectivity index (χ1) is 16.0. The molecule has 1 aromatic rings. The van der Waals surface area contributed by atoms with Crippen molar-refractivity contribution in [2.75, 3.05) is 20.8 Å². The van der Waals surface area contributed by atoms with E-state index in [-0.39, 0.29) is 18.0 Å². The molecule has 1 aromatic carbocycles. The third-order valence-electron chi connectivity index (χ3n) is 5.76. The fourth-order valence-corrected chi connectivity index (χ4v) is 3.68. The highest BCUT2D eigenvalue weighted by Gasteiger charge is 2.60. The number of ether oxygens (including phenoxy) is 6. The van der Waals surface area contributed by atoms with Gasteiger partial charge in [0.2, 0.25) is 0 Å². The molecule has 8 heteroatoms. The lowest BCUT2D eigenvalue weighted by Gasteiger charge is -2.40. The Hall–Kier alpha value is -3.10. The average molecular weight is 473 g/mol. The molecular weight excluding hydrogens is 440 g/mol. The van der Waals surface area contributed by atoms with Crippen molar-refractivity contribution in [1.29, 1.82) is 0 Å². The van der Waals surface area contributed by atoms with Crippen molar-refractivity contribution < 1.29 is 38.0 Å². The van der Waals surface area contributed by atoms with Gasteiger partial charge in [-0.25, -0.2) is 4.79 Å². The Balaban J connectivity index is 1.80. The summed E-state index contributed by atoms with van der Waals surface area (Å²) in [6, 6.07) is 5.35. The first-order valence-electron chi connectivity index (χ1n) is 11.0. The lowest BCUT2D eigenvalue weighted by atomic mass is 9.96. The molecule has 0 bridgehead atoms.